The topological polar surface area (TPSA) is 61.8 Å². The van der Waals surface area contributed by atoms with Crippen LogP contribution in [-0.2, 0) is 0 Å². The highest BCUT2D eigenvalue weighted by Crippen LogP contribution is 2.29. The average Bonchev–Trinajstić information content (AvgIpc) is 2.63. The van der Waals surface area contributed by atoms with Gasteiger partial charge in [-0.1, -0.05) is 12.1 Å². The number of ether oxygens (including phenoxy) is 1. The fourth-order valence-corrected chi connectivity index (χ4v) is 2.96. The van der Waals surface area contributed by atoms with E-state index in [2.05, 4.69) is 10.2 Å². The molecule has 132 valence electrons. The van der Waals surface area contributed by atoms with Gasteiger partial charge in [0.15, 0.2) is 11.6 Å². The molecule has 1 heterocycles. The van der Waals surface area contributed by atoms with Crippen LogP contribution in [0.15, 0.2) is 42.5 Å². The van der Waals surface area contributed by atoms with Crippen molar-refractivity contribution in [2.45, 2.75) is 18.9 Å². The summed E-state index contributed by atoms with van der Waals surface area (Å²) in [6.45, 7) is 1.47. The van der Waals surface area contributed by atoms with E-state index in [-0.39, 0.29) is 17.8 Å². The van der Waals surface area contributed by atoms with Gasteiger partial charge in [0.2, 0.25) is 0 Å². The first-order chi connectivity index (χ1) is 12.1. The van der Waals surface area contributed by atoms with Crippen LogP contribution in [0.2, 0.25) is 0 Å². The Labute approximate surface area is 146 Å². The fraction of sp³-hybridized carbons (Fsp3) is 0.316. The lowest BCUT2D eigenvalue weighted by molar-refractivity contribution is 0.102. The Balaban J connectivity index is 1.80. The highest BCUT2D eigenvalue weighted by atomic mass is 19.1. The van der Waals surface area contributed by atoms with Crippen LogP contribution in [0.3, 0.4) is 0 Å². The van der Waals surface area contributed by atoms with E-state index >= 15 is 0 Å². The molecule has 0 unspecified atom stereocenters. The molecule has 0 aliphatic carbocycles. The minimum atomic E-state index is -0.508. The Morgan fingerprint density at radius 1 is 1.24 bits per heavy atom. The molecular weight excluding hydrogens is 323 g/mol. The maximum absolute atomic E-state index is 13.5. The number of rotatable bonds is 4. The molecule has 0 aromatic heterocycles. The number of carbonyl (C=O) groups excluding carboxylic acids is 1. The van der Waals surface area contributed by atoms with Crippen LogP contribution in [0.1, 0.15) is 23.2 Å². The number of aliphatic hydroxyl groups is 1. The van der Waals surface area contributed by atoms with Gasteiger partial charge in [0, 0.05) is 18.7 Å². The summed E-state index contributed by atoms with van der Waals surface area (Å²) in [4.78, 5) is 14.7. The minimum Gasteiger partial charge on any atom is -0.494 e. The Kier molecular flexibility index (Phi) is 5.19. The summed E-state index contributed by atoms with van der Waals surface area (Å²) in [5.41, 5.74) is 1.92. The first-order valence-electron chi connectivity index (χ1n) is 8.25. The Hall–Kier alpha value is -2.60. The van der Waals surface area contributed by atoms with Crippen LogP contribution in [0, 0.1) is 5.82 Å². The number of para-hydroxylation sites is 2. The van der Waals surface area contributed by atoms with E-state index in [9.17, 15) is 14.3 Å². The number of anilines is 2. The Morgan fingerprint density at radius 3 is 2.68 bits per heavy atom. The Bertz CT molecular complexity index is 758. The van der Waals surface area contributed by atoms with Crippen LogP contribution < -0.4 is 15.0 Å². The molecule has 2 aromatic carbocycles. The molecule has 6 heteroatoms. The summed E-state index contributed by atoms with van der Waals surface area (Å²) in [7, 11) is 1.36. The SMILES string of the molecule is COc1cc(C(=O)Nc2ccccc2N2CCC(O)CC2)ccc1F. The lowest BCUT2D eigenvalue weighted by Gasteiger charge is -2.32. The van der Waals surface area contributed by atoms with Crippen LogP contribution in [0.5, 0.6) is 5.75 Å². The number of hydrogen-bond acceptors (Lipinski definition) is 4. The number of nitrogens with zero attached hydrogens (tertiary/aromatic N) is 1. The largest absolute Gasteiger partial charge is 0.494 e. The van der Waals surface area contributed by atoms with Gasteiger partial charge in [0.1, 0.15) is 0 Å². The van der Waals surface area contributed by atoms with Crippen molar-refractivity contribution >= 4 is 17.3 Å². The molecule has 1 aliphatic heterocycles. The predicted octanol–water partition coefficient (Wildman–Crippen LogP) is 3.05. The molecule has 5 nitrogen and oxygen atoms in total. The molecule has 0 atom stereocenters. The van der Waals surface area contributed by atoms with Crippen molar-refractivity contribution < 1.29 is 19.0 Å². The predicted molar refractivity (Wildman–Crippen MR) is 94.8 cm³/mol. The number of aliphatic hydroxyl groups excluding tert-OH is 1. The van der Waals surface area contributed by atoms with Gasteiger partial charge in [-0.05, 0) is 43.2 Å². The number of hydrogen-bond donors (Lipinski definition) is 2. The van der Waals surface area contributed by atoms with E-state index in [4.69, 9.17) is 4.74 Å². The van der Waals surface area contributed by atoms with Gasteiger partial charge in [0.05, 0.1) is 24.6 Å². The third-order valence-electron chi connectivity index (χ3n) is 4.37. The number of amides is 1. The quantitative estimate of drug-likeness (QED) is 0.895. The van der Waals surface area contributed by atoms with E-state index < -0.39 is 5.82 Å². The zero-order valence-corrected chi connectivity index (χ0v) is 14.0. The lowest BCUT2D eigenvalue weighted by Crippen LogP contribution is -2.36. The smallest absolute Gasteiger partial charge is 0.255 e. The van der Waals surface area contributed by atoms with E-state index in [0.717, 1.165) is 18.8 Å². The van der Waals surface area contributed by atoms with Gasteiger partial charge in [0.25, 0.3) is 5.91 Å². The van der Waals surface area contributed by atoms with E-state index in [1.165, 1.54) is 25.3 Å². The lowest BCUT2D eigenvalue weighted by atomic mass is 10.1. The van der Waals surface area contributed by atoms with Crippen molar-refractivity contribution in [3.63, 3.8) is 0 Å². The standard InChI is InChI=1S/C19H21FN2O3/c1-25-18-12-13(6-7-15(18)20)19(24)21-16-4-2-3-5-17(16)22-10-8-14(23)9-11-22/h2-7,12,14,23H,8-11H2,1H3,(H,21,24). The summed E-state index contributed by atoms with van der Waals surface area (Å²) < 4.78 is 18.4. The molecule has 2 N–H and O–H groups in total. The van der Waals surface area contributed by atoms with Crippen molar-refractivity contribution in [2.75, 3.05) is 30.4 Å². The monoisotopic (exact) mass is 344 g/mol. The van der Waals surface area contributed by atoms with Gasteiger partial charge in [-0.15, -0.1) is 0 Å². The summed E-state index contributed by atoms with van der Waals surface area (Å²) in [5, 5.41) is 12.6. The summed E-state index contributed by atoms with van der Waals surface area (Å²) in [6.07, 6.45) is 1.15. The second-order valence-electron chi connectivity index (χ2n) is 6.04. The van der Waals surface area contributed by atoms with Crippen LogP contribution in [0.25, 0.3) is 0 Å². The molecule has 0 bridgehead atoms. The fourth-order valence-electron chi connectivity index (χ4n) is 2.96. The first-order valence-corrected chi connectivity index (χ1v) is 8.25. The normalized spacial score (nSPS) is 15.1. The van der Waals surface area contributed by atoms with E-state index in [0.29, 0.717) is 24.1 Å². The molecule has 25 heavy (non-hydrogen) atoms. The van der Waals surface area contributed by atoms with Crippen molar-refractivity contribution in [1.29, 1.82) is 0 Å². The average molecular weight is 344 g/mol. The summed E-state index contributed by atoms with van der Waals surface area (Å²) in [5.74, 6) is -0.805. The van der Waals surface area contributed by atoms with Gasteiger partial charge >= 0.3 is 0 Å². The molecule has 0 saturated carbocycles. The van der Waals surface area contributed by atoms with Gasteiger partial charge < -0.3 is 20.1 Å². The second kappa shape index (κ2) is 7.53. The number of methoxy groups -OCH3 is 1. The summed E-state index contributed by atoms with van der Waals surface area (Å²) in [6, 6.07) is 11.6. The molecule has 3 rings (SSSR count). The minimum absolute atomic E-state index is 0.0333. The molecule has 2 aromatic rings. The maximum atomic E-state index is 13.5. The van der Waals surface area contributed by atoms with E-state index in [1.54, 1.807) is 0 Å². The van der Waals surface area contributed by atoms with Crippen molar-refractivity contribution in [3.05, 3.63) is 53.8 Å². The van der Waals surface area contributed by atoms with Gasteiger partial charge in [-0.2, -0.15) is 0 Å². The third kappa shape index (κ3) is 3.91. The van der Waals surface area contributed by atoms with Crippen LogP contribution in [-0.4, -0.2) is 37.3 Å². The highest BCUT2D eigenvalue weighted by molar-refractivity contribution is 6.06. The van der Waals surface area contributed by atoms with Crippen LogP contribution >= 0.6 is 0 Å². The van der Waals surface area contributed by atoms with Crippen LogP contribution in [0.4, 0.5) is 15.8 Å². The van der Waals surface area contributed by atoms with Gasteiger partial charge in [-0.25, -0.2) is 4.39 Å². The molecule has 0 radical (unpaired) electrons. The first kappa shape index (κ1) is 17.2. The zero-order chi connectivity index (χ0) is 17.8. The number of carbonyl (C=O) groups is 1. The third-order valence-corrected chi connectivity index (χ3v) is 4.37. The Morgan fingerprint density at radius 2 is 1.96 bits per heavy atom. The number of piperidine rings is 1. The number of benzene rings is 2. The molecule has 1 fully saturated rings. The molecular formula is C19H21FN2O3. The molecule has 1 aliphatic rings. The highest BCUT2D eigenvalue weighted by Gasteiger charge is 2.20. The van der Waals surface area contributed by atoms with E-state index in [1.807, 2.05) is 24.3 Å². The van der Waals surface area contributed by atoms with Crippen molar-refractivity contribution in [3.8, 4) is 5.75 Å². The molecule has 0 spiro atoms. The zero-order valence-electron chi connectivity index (χ0n) is 14.0. The summed E-state index contributed by atoms with van der Waals surface area (Å²) >= 11 is 0. The van der Waals surface area contributed by atoms with Crippen molar-refractivity contribution in [2.24, 2.45) is 0 Å². The molecule has 1 saturated heterocycles. The maximum Gasteiger partial charge on any atom is 0.255 e. The number of nitrogens with one attached hydrogen (secondary N) is 1. The molecule has 1 amide bonds. The van der Waals surface area contributed by atoms with Gasteiger partial charge in [-0.3, -0.25) is 4.79 Å². The number of halogens is 1. The second-order valence-corrected chi connectivity index (χ2v) is 6.04. The van der Waals surface area contributed by atoms with Crippen molar-refractivity contribution in [1.82, 2.24) is 0 Å².